The Morgan fingerprint density at radius 2 is 2.06 bits per heavy atom. The monoisotopic (exact) mass is 242 g/mol. The van der Waals surface area contributed by atoms with Crippen LogP contribution in [0.25, 0.3) is 10.9 Å². The maximum absolute atomic E-state index is 6.15. The third-order valence-corrected chi connectivity index (χ3v) is 3.17. The SMILES string of the molecule is Clc1cccc2c1ccn2Cc1cccnc1. The van der Waals surface area contributed by atoms with Crippen LogP contribution in [-0.2, 0) is 6.54 Å². The molecule has 0 aliphatic heterocycles. The smallest absolute Gasteiger partial charge is 0.0499 e. The number of benzene rings is 1. The van der Waals surface area contributed by atoms with Gasteiger partial charge in [0.2, 0.25) is 0 Å². The predicted molar refractivity (Wildman–Crippen MR) is 70.3 cm³/mol. The Balaban J connectivity index is 2.05. The first-order valence-electron chi connectivity index (χ1n) is 5.47. The number of hydrogen-bond acceptors (Lipinski definition) is 1. The molecule has 0 N–H and O–H groups in total. The fraction of sp³-hybridized carbons (Fsp3) is 0.0714. The largest absolute Gasteiger partial charge is 0.343 e. The van der Waals surface area contributed by atoms with Crippen LogP contribution < -0.4 is 0 Å². The van der Waals surface area contributed by atoms with Gasteiger partial charge in [-0.2, -0.15) is 0 Å². The maximum atomic E-state index is 6.15. The summed E-state index contributed by atoms with van der Waals surface area (Å²) < 4.78 is 2.18. The molecule has 17 heavy (non-hydrogen) atoms. The Morgan fingerprint density at radius 1 is 1.12 bits per heavy atom. The van der Waals surface area contributed by atoms with Crippen LogP contribution in [0.5, 0.6) is 0 Å². The van der Waals surface area contributed by atoms with E-state index < -0.39 is 0 Å². The van der Waals surface area contributed by atoms with Gasteiger partial charge >= 0.3 is 0 Å². The summed E-state index contributed by atoms with van der Waals surface area (Å²) in [6.07, 6.45) is 5.73. The van der Waals surface area contributed by atoms with Crippen molar-refractivity contribution in [2.45, 2.75) is 6.54 Å². The van der Waals surface area contributed by atoms with Crippen LogP contribution in [0.2, 0.25) is 5.02 Å². The number of pyridine rings is 1. The standard InChI is InChI=1S/C14H11ClN2/c15-13-4-1-5-14-12(13)6-8-17(14)10-11-3-2-7-16-9-11/h1-9H,10H2. The lowest BCUT2D eigenvalue weighted by molar-refractivity contribution is 0.832. The fourth-order valence-corrected chi connectivity index (χ4v) is 2.24. The number of fused-ring (bicyclic) bond motifs is 1. The molecule has 2 heterocycles. The molecule has 0 bridgehead atoms. The van der Waals surface area contributed by atoms with E-state index in [4.69, 9.17) is 11.6 Å². The molecule has 0 aliphatic rings. The minimum Gasteiger partial charge on any atom is -0.343 e. The van der Waals surface area contributed by atoms with E-state index in [0.717, 1.165) is 22.5 Å². The number of rotatable bonds is 2. The number of halogens is 1. The molecule has 0 unspecified atom stereocenters. The molecule has 0 amide bonds. The molecule has 0 saturated carbocycles. The average molecular weight is 243 g/mol. The summed E-state index contributed by atoms with van der Waals surface area (Å²) >= 11 is 6.15. The van der Waals surface area contributed by atoms with Gasteiger partial charge in [-0.1, -0.05) is 23.7 Å². The lowest BCUT2D eigenvalue weighted by Crippen LogP contribution is -1.97. The molecule has 0 fully saturated rings. The van der Waals surface area contributed by atoms with E-state index in [2.05, 4.69) is 27.9 Å². The normalized spacial score (nSPS) is 10.9. The van der Waals surface area contributed by atoms with E-state index >= 15 is 0 Å². The molecule has 0 aliphatic carbocycles. The summed E-state index contributed by atoms with van der Waals surface area (Å²) in [4.78, 5) is 4.12. The molecule has 0 atom stereocenters. The molecule has 3 aromatic rings. The van der Waals surface area contributed by atoms with Crippen LogP contribution in [0, 0.1) is 0 Å². The van der Waals surface area contributed by atoms with Crippen LogP contribution in [0.3, 0.4) is 0 Å². The Bertz CT molecular complexity index is 644. The molecule has 0 spiro atoms. The number of nitrogens with zero attached hydrogens (tertiary/aromatic N) is 2. The summed E-state index contributed by atoms with van der Waals surface area (Å²) in [5, 5.41) is 1.89. The van der Waals surface area contributed by atoms with E-state index in [0.29, 0.717) is 0 Å². The predicted octanol–water partition coefficient (Wildman–Crippen LogP) is 3.74. The second-order valence-electron chi connectivity index (χ2n) is 3.98. The van der Waals surface area contributed by atoms with Crippen molar-refractivity contribution < 1.29 is 0 Å². The van der Waals surface area contributed by atoms with Gasteiger partial charge in [0.25, 0.3) is 0 Å². The van der Waals surface area contributed by atoms with Gasteiger partial charge < -0.3 is 4.57 Å². The molecule has 3 heteroatoms. The van der Waals surface area contributed by atoms with Crippen molar-refractivity contribution in [2.24, 2.45) is 0 Å². The Hall–Kier alpha value is -1.80. The lowest BCUT2D eigenvalue weighted by Gasteiger charge is -2.05. The number of aromatic nitrogens is 2. The summed E-state index contributed by atoms with van der Waals surface area (Å²) in [6.45, 7) is 0.817. The van der Waals surface area contributed by atoms with E-state index in [1.165, 1.54) is 5.56 Å². The minimum atomic E-state index is 0.799. The van der Waals surface area contributed by atoms with Crippen molar-refractivity contribution in [1.82, 2.24) is 9.55 Å². The van der Waals surface area contributed by atoms with Gasteiger partial charge in [0.05, 0.1) is 0 Å². The van der Waals surface area contributed by atoms with Crippen LogP contribution in [0.4, 0.5) is 0 Å². The van der Waals surface area contributed by atoms with Gasteiger partial charge in [-0.25, -0.2) is 0 Å². The first kappa shape index (κ1) is 10.4. The molecular formula is C14H11ClN2. The van der Waals surface area contributed by atoms with Crippen molar-refractivity contribution in [3.63, 3.8) is 0 Å². The van der Waals surface area contributed by atoms with Crippen LogP contribution >= 0.6 is 11.6 Å². The lowest BCUT2D eigenvalue weighted by atomic mass is 10.2. The molecule has 0 saturated heterocycles. The molecular weight excluding hydrogens is 232 g/mol. The third kappa shape index (κ3) is 1.92. The minimum absolute atomic E-state index is 0.799. The van der Waals surface area contributed by atoms with E-state index in [1.807, 2.05) is 30.5 Å². The Labute approximate surface area is 104 Å². The molecule has 3 rings (SSSR count). The summed E-state index contributed by atoms with van der Waals surface area (Å²) in [5.41, 5.74) is 2.34. The van der Waals surface area contributed by atoms with E-state index in [9.17, 15) is 0 Å². The second-order valence-corrected chi connectivity index (χ2v) is 4.38. The third-order valence-electron chi connectivity index (χ3n) is 2.84. The first-order valence-corrected chi connectivity index (χ1v) is 5.84. The van der Waals surface area contributed by atoms with Gasteiger partial charge in [-0.05, 0) is 29.8 Å². The van der Waals surface area contributed by atoms with E-state index in [-0.39, 0.29) is 0 Å². The quantitative estimate of drug-likeness (QED) is 0.669. The molecule has 84 valence electrons. The second kappa shape index (κ2) is 4.22. The van der Waals surface area contributed by atoms with Crippen LogP contribution in [0.15, 0.2) is 55.0 Å². The number of hydrogen-bond donors (Lipinski definition) is 0. The average Bonchev–Trinajstić information content (AvgIpc) is 2.76. The van der Waals surface area contributed by atoms with Gasteiger partial charge in [0.15, 0.2) is 0 Å². The van der Waals surface area contributed by atoms with Gasteiger partial charge in [-0.3, -0.25) is 4.98 Å². The van der Waals surface area contributed by atoms with Crippen LogP contribution in [0.1, 0.15) is 5.56 Å². The summed E-state index contributed by atoms with van der Waals surface area (Å²) in [5.74, 6) is 0. The molecule has 0 radical (unpaired) electrons. The molecule has 2 aromatic heterocycles. The Morgan fingerprint density at radius 3 is 2.88 bits per heavy atom. The zero-order chi connectivity index (χ0) is 11.7. The highest BCUT2D eigenvalue weighted by Crippen LogP contribution is 2.24. The van der Waals surface area contributed by atoms with Gasteiger partial charge in [0.1, 0.15) is 0 Å². The maximum Gasteiger partial charge on any atom is 0.0499 e. The van der Waals surface area contributed by atoms with Crippen molar-refractivity contribution >= 4 is 22.5 Å². The van der Waals surface area contributed by atoms with Crippen molar-refractivity contribution in [2.75, 3.05) is 0 Å². The zero-order valence-corrected chi connectivity index (χ0v) is 9.93. The van der Waals surface area contributed by atoms with Gasteiger partial charge in [-0.15, -0.1) is 0 Å². The zero-order valence-electron chi connectivity index (χ0n) is 9.18. The van der Waals surface area contributed by atoms with Crippen LogP contribution in [-0.4, -0.2) is 9.55 Å². The fourth-order valence-electron chi connectivity index (χ4n) is 2.01. The van der Waals surface area contributed by atoms with Crippen molar-refractivity contribution in [3.8, 4) is 0 Å². The molecule has 1 aromatic carbocycles. The summed E-state index contributed by atoms with van der Waals surface area (Å²) in [7, 11) is 0. The van der Waals surface area contributed by atoms with Gasteiger partial charge in [0, 0.05) is 41.1 Å². The highest BCUT2D eigenvalue weighted by molar-refractivity contribution is 6.35. The molecule has 2 nitrogen and oxygen atoms in total. The Kier molecular flexibility index (Phi) is 2.57. The van der Waals surface area contributed by atoms with E-state index in [1.54, 1.807) is 6.20 Å². The van der Waals surface area contributed by atoms with Crippen molar-refractivity contribution in [3.05, 3.63) is 65.6 Å². The topological polar surface area (TPSA) is 17.8 Å². The first-order chi connectivity index (χ1) is 8.34. The highest BCUT2D eigenvalue weighted by Gasteiger charge is 2.04. The highest BCUT2D eigenvalue weighted by atomic mass is 35.5. The summed E-state index contributed by atoms with van der Waals surface area (Å²) in [6, 6.07) is 12.0. The van der Waals surface area contributed by atoms with Crippen molar-refractivity contribution in [1.29, 1.82) is 0 Å².